The zero-order valence-electron chi connectivity index (χ0n) is 14.1. The van der Waals surface area contributed by atoms with Gasteiger partial charge in [-0.25, -0.2) is 0 Å². The molecule has 2 atom stereocenters. The summed E-state index contributed by atoms with van der Waals surface area (Å²) in [5.74, 6) is 2.22. The van der Waals surface area contributed by atoms with Gasteiger partial charge in [-0.3, -0.25) is 4.79 Å². The van der Waals surface area contributed by atoms with Crippen molar-refractivity contribution in [1.82, 2.24) is 5.32 Å². The molecule has 24 heavy (non-hydrogen) atoms. The molecule has 1 aromatic carbocycles. The lowest BCUT2D eigenvalue weighted by atomic mass is 9.65. The first-order valence-corrected chi connectivity index (χ1v) is 9.23. The molecule has 3 aliphatic rings. The number of fused-ring (bicyclic) bond motifs is 3. The van der Waals surface area contributed by atoms with Crippen molar-refractivity contribution in [3.63, 3.8) is 0 Å². The normalized spacial score (nSPS) is 32.2. The van der Waals surface area contributed by atoms with Crippen LogP contribution in [0.5, 0.6) is 5.75 Å². The van der Waals surface area contributed by atoms with Crippen molar-refractivity contribution >= 4 is 11.6 Å². The molecule has 130 valence electrons. The van der Waals surface area contributed by atoms with Crippen LogP contribution in [0.4, 0.5) is 5.69 Å². The summed E-state index contributed by atoms with van der Waals surface area (Å²) in [4.78, 5) is 12.7. The van der Waals surface area contributed by atoms with E-state index in [1.807, 2.05) is 18.2 Å². The summed E-state index contributed by atoms with van der Waals surface area (Å²) in [5.41, 5.74) is 8.31. The lowest BCUT2D eigenvalue weighted by Gasteiger charge is -2.43. The molecule has 4 rings (SSSR count). The van der Waals surface area contributed by atoms with E-state index in [0.29, 0.717) is 24.5 Å². The number of nitrogens with two attached hydrogens (primary N) is 1. The Kier molecular flexibility index (Phi) is 4.46. The molecule has 1 heterocycles. The van der Waals surface area contributed by atoms with Gasteiger partial charge in [-0.1, -0.05) is 6.42 Å². The molecule has 0 spiro atoms. The number of rotatable bonds is 2. The second kappa shape index (κ2) is 6.73. The molecule has 5 heteroatoms. The third-order valence-corrected chi connectivity index (χ3v) is 5.96. The maximum atomic E-state index is 12.7. The zero-order valence-corrected chi connectivity index (χ0v) is 14.1. The van der Waals surface area contributed by atoms with Gasteiger partial charge in [0.2, 0.25) is 5.91 Å². The number of anilines is 1. The molecule has 2 fully saturated rings. The minimum Gasteiger partial charge on any atom is -0.492 e. The maximum absolute atomic E-state index is 12.7. The first-order valence-electron chi connectivity index (χ1n) is 9.23. The lowest BCUT2D eigenvalue weighted by Crippen LogP contribution is -2.48. The van der Waals surface area contributed by atoms with Gasteiger partial charge in [-0.15, -0.1) is 0 Å². The molecule has 0 radical (unpaired) electrons. The summed E-state index contributed by atoms with van der Waals surface area (Å²) in [7, 11) is 0. The number of amides is 1. The fourth-order valence-electron chi connectivity index (χ4n) is 4.64. The predicted molar refractivity (Wildman–Crippen MR) is 93.8 cm³/mol. The standard InChI is InChI=1S/C19H27N3O2/c20-18-12-2-1-3-13(18)9-14(8-12)19(23)22-16-4-5-17-15(10-16)11-21-6-7-24-17/h4-5,10,12-14,18,21H,1-3,6-9,11,20H2,(H,22,23). The van der Waals surface area contributed by atoms with Gasteiger partial charge >= 0.3 is 0 Å². The molecular weight excluding hydrogens is 302 g/mol. The van der Waals surface area contributed by atoms with Crippen LogP contribution in [0.15, 0.2) is 18.2 Å². The van der Waals surface area contributed by atoms with Crippen molar-refractivity contribution in [2.24, 2.45) is 23.5 Å². The summed E-state index contributed by atoms with van der Waals surface area (Å²) in [6.07, 6.45) is 5.53. The highest BCUT2D eigenvalue weighted by Crippen LogP contribution is 2.42. The second-order valence-corrected chi connectivity index (χ2v) is 7.53. The predicted octanol–water partition coefficient (Wildman–Crippen LogP) is 2.26. The molecule has 0 aromatic heterocycles. The van der Waals surface area contributed by atoms with Crippen molar-refractivity contribution in [3.8, 4) is 5.75 Å². The second-order valence-electron chi connectivity index (χ2n) is 7.53. The Morgan fingerprint density at radius 1 is 1.25 bits per heavy atom. The Morgan fingerprint density at radius 2 is 2.04 bits per heavy atom. The summed E-state index contributed by atoms with van der Waals surface area (Å²) in [5, 5.41) is 6.45. The van der Waals surface area contributed by atoms with Crippen LogP contribution < -0.4 is 21.1 Å². The number of nitrogens with one attached hydrogen (secondary N) is 2. The first kappa shape index (κ1) is 15.9. The third kappa shape index (κ3) is 3.15. The van der Waals surface area contributed by atoms with E-state index in [1.54, 1.807) is 0 Å². The average Bonchev–Trinajstić information content (AvgIpc) is 2.79. The van der Waals surface area contributed by atoms with Gasteiger partial charge in [0.05, 0.1) is 0 Å². The highest BCUT2D eigenvalue weighted by molar-refractivity contribution is 5.92. The van der Waals surface area contributed by atoms with Crippen LogP contribution in [0, 0.1) is 17.8 Å². The molecule has 2 aliphatic carbocycles. The molecule has 4 N–H and O–H groups in total. The monoisotopic (exact) mass is 329 g/mol. The third-order valence-electron chi connectivity index (χ3n) is 5.96. The number of ether oxygens (including phenoxy) is 1. The summed E-state index contributed by atoms with van der Waals surface area (Å²) < 4.78 is 5.70. The molecule has 1 aromatic rings. The highest BCUT2D eigenvalue weighted by atomic mass is 16.5. The number of hydrogen-bond donors (Lipinski definition) is 3. The van der Waals surface area contributed by atoms with Crippen LogP contribution >= 0.6 is 0 Å². The maximum Gasteiger partial charge on any atom is 0.227 e. The number of carbonyl (C=O) groups is 1. The molecule has 1 amide bonds. The molecule has 0 saturated heterocycles. The Morgan fingerprint density at radius 3 is 2.83 bits per heavy atom. The van der Waals surface area contributed by atoms with E-state index in [2.05, 4.69) is 10.6 Å². The van der Waals surface area contributed by atoms with Crippen molar-refractivity contribution in [1.29, 1.82) is 0 Å². The van der Waals surface area contributed by atoms with Crippen LogP contribution in [-0.4, -0.2) is 25.1 Å². The minimum atomic E-state index is 0.105. The fourth-order valence-corrected chi connectivity index (χ4v) is 4.64. The topological polar surface area (TPSA) is 76.4 Å². The molecule has 5 nitrogen and oxygen atoms in total. The number of carbonyl (C=O) groups excluding carboxylic acids is 1. The van der Waals surface area contributed by atoms with Gasteiger partial charge in [0.25, 0.3) is 0 Å². The van der Waals surface area contributed by atoms with E-state index in [0.717, 1.165) is 42.9 Å². The van der Waals surface area contributed by atoms with Crippen LogP contribution in [-0.2, 0) is 11.3 Å². The Balaban J connectivity index is 1.44. The Labute approximate surface area is 143 Å². The lowest BCUT2D eigenvalue weighted by molar-refractivity contribution is -0.122. The van der Waals surface area contributed by atoms with E-state index >= 15 is 0 Å². The largest absolute Gasteiger partial charge is 0.492 e. The van der Waals surface area contributed by atoms with Crippen molar-refractivity contribution in [2.75, 3.05) is 18.5 Å². The molecule has 1 aliphatic heterocycles. The smallest absolute Gasteiger partial charge is 0.227 e. The summed E-state index contributed by atoms with van der Waals surface area (Å²) in [6, 6.07) is 6.24. The van der Waals surface area contributed by atoms with Crippen LogP contribution in [0.3, 0.4) is 0 Å². The van der Waals surface area contributed by atoms with Crippen LogP contribution in [0.25, 0.3) is 0 Å². The van der Waals surface area contributed by atoms with Gasteiger partial charge in [-0.05, 0) is 55.7 Å². The van der Waals surface area contributed by atoms with Crippen molar-refractivity contribution in [2.45, 2.75) is 44.7 Å². The number of benzene rings is 1. The van der Waals surface area contributed by atoms with E-state index in [4.69, 9.17) is 10.5 Å². The highest BCUT2D eigenvalue weighted by Gasteiger charge is 2.40. The summed E-state index contributed by atoms with van der Waals surface area (Å²) in [6.45, 7) is 2.31. The number of hydrogen-bond acceptors (Lipinski definition) is 4. The van der Waals surface area contributed by atoms with E-state index in [-0.39, 0.29) is 11.8 Å². The van der Waals surface area contributed by atoms with E-state index in [1.165, 1.54) is 19.3 Å². The van der Waals surface area contributed by atoms with E-state index < -0.39 is 0 Å². The Hall–Kier alpha value is -1.59. The van der Waals surface area contributed by atoms with Gasteiger partial charge in [-0.2, -0.15) is 0 Å². The van der Waals surface area contributed by atoms with Gasteiger partial charge in [0.15, 0.2) is 0 Å². The first-order chi connectivity index (χ1) is 11.7. The molecule has 2 bridgehead atoms. The van der Waals surface area contributed by atoms with Crippen LogP contribution in [0.1, 0.15) is 37.7 Å². The average molecular weight is 329 g/mol. The van der Waals surface area contributed by atoms with Gasteiger partial charge < -0.3 is 21.1 Å². The van der Waals surface area contributed by atoms with Crippen LogP contribution in [0.2, 0.25) is 0 Å². The Bertz CT molecular complexity index is 605. The SMILES string of the molecule is NC1C2CCCC1CC(C(=O)Nc1ccc3c(c1)CNCCO3)C2. The zero-order chi connectivity index (χ0) is 16.5. The quantitative estimate of drug-likeness (QED) is 0.778. The molecule has 2 unspecified atom stereocenters. The van der Waals surface area contributed by atoms with Crippen molar-refractivity contribution < 1.29 is 9.53 Å². The summed E-state index contributed by atoms with van der Waals surface area (Å²) >= 11 is 0. The van der Waals surface area contributed by atoms with Gasteiger partial charge in [0, 0.05) is 36.3 Å². The molecular formula is C19H27N3O2. The fraction of sp³-hybridized carbons (Fsp3) is 0.632. The van der Waals surface area contributed by atoms with Gasteiger partial charge in [0.1, 0.15) is 12.4 Å². The molecule has 2 saturated carbocycles. The minimum absolute atomic E-state index is 0.105. The van der Waals surface area contributed by atoms with Crippen molar-refractivity contribution in [3.05, 3.63) is 23.8 Å². The van der Waals surface area contributed by atoms with E-state index in [9.17, 15) is 4.79 Å².